The van der Waals surface area contributed by atoms with E-state index >= 15 is 0 Å². The van der Waals surface area contributed by atoms with Gasteiger partial charge in [-0.1, -0.05) is 44.3 Å². The number of hydrogen-bond acceptors (Lipinski definition) is 6. The van der Waals surface area contributed by atoms with Crippen molar-refractivity contribution in [3.63, 3.8) is 0 Å². The summed E-state index contributed by atoms with van der Waals surface area (Å²) < 4.78 is 6.71. The molecule has 0 aliphatic heterocycles. The van der Waals surface area contributed by atoms with E-state index < -0.39 is 6.16 Å². The van der Waals surface area contributed by atoms with Gasteiger partial charge < -0.3 is 9.30 Å². The average Bonchev–Trinajstić information content (AvgIpc) is 3.11. The van der Waals surface area contributed by atoms with Gasteiger partial charge in [0.15, 0.2) is 0 Å². The summed E-state index contributed by atoms with van der Waals surface area (Å²) in [5, 5.41) is 17.0. The maximum Gasteiger partial charge on any atom is 0.534 e. The molecule has 0 spiro atoms. The van der Waals surface area contributed by atoms with Crippen LogP contribution in [0.15, 0.2) is 41.6 Å². The number of nitro benzene ring substituents is 1. The van der Waals surface area contributed by atoms with Crippen LogP contribution in [-0.4, -0.2) is 28.5 Å². The number of ether oxygens (including phenoxy) is 1. The van der Waals surface area contributed by atoms with E-state index in [-0.39, 0.29) is 10.6 Å². The van der Waals surface area contributed by atoms with Gasteiger partial charge in [0, 0.05) is 40.5 Å². The Bertz CT molecular complexity index is 1170. The lowest BCUT2D eigenvalue weighted by atomic mass is 9.99. The molecular formula is C24H29N3O5. The molecule has 0 aliphatic rings. The zero-order chi connectivity index (χ0) is 23.3. The van der Waals surface area contributed by atoms with Gasteiger partial charge in [-0.3, -0.25) is 15.0 Å². The molecule has 0 bridgehead atoms. The number of hydrogen-bond donors (Lipinski definition) is 0. The van der Waals surface area contributed by atoms with E-state index in [1.807, 2.05) is 24.3 Å². The van der Waals surface area contributed by atoms with Crippen LogP contribution in [0, 0.1) is 16.0 Å². The van der Waals surface area contributed by atoms with Gasteiger partial charge in [-0.15, -0.1) is 0 Å². The van der Waals surface area contributed by atoms with Gasteiger partial charge >= 0.3 is 6.16 Å². The summed E-state index contributed by atoms with van der Waals surface area (Å²) in [4.78, 5) is 27.0. The first kappa shape index (κ1) is 23.2. The first-order valence-corrected chi connectivity index (χ1v) is 10.9. The minimum Gasteiger partial charge on any atom is -0.436 e. The number of aromatic nitrogens is 1. The highest BCUT2D eigenvalue weighted by Crippen LogP contribution is 2.34. The topological polar surface area (TPSA) is 96.0 Å². The molecule has 1 unspecified atom stereocenters. The molecule has 0 radical (unpaired) electrons. The Morgan fingerprint density at radius 1 is 1.16 bits per heavy atom. The van der Waals surface area contributed by atoms with Gasteiger partial charge in [-0.05, 0) is 43.0 Å². The summed E-state index contributed by atoms with van der Waals surface area (Å²) in [6.45, 7) is 6.98. The number of methoxy groups -OCH3 is 1. The van der Waals surface area contributed by atoms with Crippen LogP contribution in [0.2, 0.25) is 0 Å². The van der Waals surface area contributed by atoms with E-state index in [0.717, 1.165) is 53.2 Å². The van der Waals surface area contributed by atoms with E-state index in [1.54, 1.807) is 19.1 Å². The first-order valence-electron chi connectivity index (χ1n) is 10.9. The predicted octanol–water partition coefficient (Wildman–Crippen LogP) is 6.43. The fourth-order valence-corrected chi connectivity index (χ4v) is 4.00. The van der Waals surface area contributed by atoms with Crippen LogP contribution in [-0.2, 0) is 16.1 Å². The maximum atomic E-state index is 11.4. The highest BCUT2D eigenvalue weighted by molar-refractivity contribution is 6.12. The van der Waals surface area contributed by atoms with Gasteiger partial charge in [0.1, 0.15) is 0 Å². The van der Waals surface area contributed by atoms with Crippen molar-refractivity contribution in [3.8, 4) is 0 Å². The van der Waals surface area contributed by atoms with Crippen molar-refractivity contribution < 1.29 is 19.3 Å². The fraction of sp³-hybridized carbons (Fsp3) is 0.417. The number of unbranched alkanes of at least 4 members (excludes halogenated alkanes) is 1. The highest BCUT2D eigenvalue weighted by atomic mass is 16.8. The van der Waals surface area contributed by atoms with E-state index in [2.05, 4.69) is 28.3 Å². The van der Waals surface area contributed by atoms with Crippen molar-refractivity contribution in [2.75, 3.05) is 7.11 Å². The third-order valence-electron chi connectivity index (χ3n) is 5.88. The molecular weight excluding hydrogens is 410 g/mol. The van der Waals surface area contributed by atoms with Crippen LogP contribution >= 0.6 is 0 Å². The lowest BCUT2D eigenvalue weighted by Gasteiger charge is -2.17. The Kier molecular flexibility index (Phi) is 7.45. The number of benzene rings is 2. The minimum absolute atomic E-state index is 0.0550. The molecule has 0 saturated carbocycles. The van der Waals surface area contributed by atoms with Crippen LogP contribution in [0.1, 0.15) is 52.0 Å². The smallest absolute Gasteiger partial charge is 0.436 e. The molecule has 1 atom stereocenters. The number of nitro groups is 1. The van der Waals surface area contributed by atoms with Crippen molar-refractivity contribution >= 4 is 39.4 Å². The van der Waals surface area contributed by atoms with E-state index in [1.165, 1.54) is 13.5 Å². The Hall–Kier alpha value is -3.42. The molecule has 8 nitrogen and oxygen atoms in total. The summed E-state index contributed by atoms with van der Waals surface area (Å²) in [7, 11) is 1.21. The SMILES string of the molecule is CCCCC(CC)Cn1c2ccc(C(C)=NOC(=O)OC)cc2c2cc([N+](=O)[O-])ccc21. The molecule has 32 heavy (non-hydrogen) atoms. The van der Waals surface area contributed by atoms with Crippen LogP contribution in [0.3, 0.4) is 0 Å². The van der Waals surface area contributed by atoms with Gasteiger partial charge in [0.25, 0.3) is 5.69 Å². The molecule has 1 aromatic heterocycles. The summed E-state index contributed by atoms with van der Waals surface area (Å²) in [5.41, 5.74) is 3.29. The molecule has 0 saturated heterocycles. The maximum absolute atomic E-state index is 11.4. The summed E-state index contributed by atoms with van der Waals surface area (Å²) in [5.74, 6) is 0.528. The molecule has 0 N–H and O–H groups in total. The van der Waals surface area contributed by atoms with Gasteiger partial charge in [-0.2, -0.15) is 0 Å². The van der Waals surface area contributed by atoms with E-state index in [0.29, 0.717) is 11.6 Å². The summed E-state index contributed by atoms with van der Waals surface area (Å²) in [6.07, 6.45) is 3.67. The molecule has 2 aromatic carbocycles. The van der Waals surface area contributed by atoms with Crippen molar-refractivity contribution in [2.24, 2.45) is 11.1 Å². The number of carbonyl (C=O) groups is 1. The minimum atomic E-state index is -0.893. The van der Waals surface area contributed by atoms with Gasteiger partial charge in [0.2, 0.25) is 0 Å². The number of nitrogens with zero attached hydrogens (tertiary/aromatic N) is 3. The molecule has 170 valence electrons. The number of non-ortho nitro benzene ring substituents is 1. The van der Waals surface area contributed by atoms with Crippen LogP contribution < -0.4 is 0 Å². The molecule has 0 amide bonds. The third-order valence-corrected chi connectivity index (χ3v) is 5.88. The molecule has 3 aromatic rings. The second-order valence-electron chi connectivity index (χ2n) is 7.94. The van der Waals surface area contributed by atoms with Crippen LogP contribution in [0.4, 0.5) is 10.5 Å². The fourth-order valence-electron chi connectivity index (χ4n) is 4.00. The molecule has 0 aliphatic carbocycles. The van der Waals surface area contributed by atoms with Crippen molar-refractivity contribution in [1.82, 2.24) is 4.57 Å². The second kappa shape index (κ2) is 10.3. The zero-order valence-corrected chi connectivity index (χ0v) is 19.0. The second-order valence-corrected chi connectivity index (χ2v) is 7.94. The molecule has 1 heterocycles. The lowest BCUT2D eigenvalue weighted by molar-refractivity contribution is -0.384. The largest absolute Gasteiger partial charge is 0.534 e. The monoisotopic (exact) mass is 439 g/mol. The average molecular weight is 440 g/mol. The number of rotatable bonds is 9. The third kappa shape index (κ3) is 4.90. The summed E-state index contributed by atoms with van der Waals surface area (Å²) >= 11 is 0. The number of oxime groups is 1. The normalized spacial score (nSPS) is 12.8. The van der Waals surface area contributed by atoms with Crippen LogP contribution in [0.25, 0.3) is 21.8 Å². The number of carbonyl (C=O) groups excluding carboxylic acids is 1. The molecule has 3 rings (SSSR count). The lowest BCUT2D eigenvalue weighted by Crippen LogP contribution is -2.10. The van der Waals surface area contributed by atoms with Gasteiger partial charge in [0.05, 0.1) is 17.7 Å². The molecule has 8 heteroatoms. The molecule has 0 fully saturated rings. The van der Waals surface area contributed by atoms with Crippen molar-refractivity contribution in [3.05, 3.63) is 52.1 Å². The van der Waals surface area contributed by atoms with E-state index in [9.17, 15) is 14.9 Å². The number of fused-ring (bicyclic) bond motifs is 3. The van der Waals surface area contributed by atoms with E-state index in [4.69, 9.17) is 4.84 Å². The van der Waals surface area contributed by atoms with Crippen molar-refractivity contribution in [1.29, 1.82) is 0 Å². The van der Waals surface area contributed by atoms with Gasteiger partial charge in [-0.25, -0.2) is 4.79 Å². The Labute approximate surface area is 186 Å². The predicted molar refractivity (Wildman–Crippen MR) is 125 cm³/mol. The Balaban J connectivity index is 2.14. The van der Waals surface area contributed by atoms with Crippen molar-refractivity contribution in [2.45, 2.75) is 53.0 Å². The summed E-state index contributed by atoms with van der Waals surface area (Å²) in [6, 6.07) is 10.9. The standard InChI is InChI=1S/C24H29N3O5/c1-5-7-8-17(6-2)15-26-22-11-9-18(16(3)25-32-24(28)31-4)13-20(22)21-14-19(27(29)30)10-12-23(21)26/h9-14,17H,5-8,15H2,1-4H3. The Morgan fingerprint density at radius 3 is 2.47 bits per heavy atom. The highest BCUT2D eigenvalue weighted by Gasteiger charge is 2.18. The Morgan fingerprint density at radius 2 is 1.84 bits per heavy atom. The first-order chi connectivity index (χ1) is 15.4. The van der Waals surface area contributed by atoms with Crippen LogP contribution in [0.5, 0.6) is 0 Å². The quantitative estimate of drug-likeness (QED) is 0.126. The zero-order valence-electron chi connectivity index (χ0n) is 19.0.